The minimum Gasteiger partial charge on any atom is -0.361 e. The number of rotatable bonds is 4. The van der Waals surface area contributed by atoms with E-state index in [0.717, 1.165) is 12.1 Å². The predicted octanol–water partition coefficient (Wildman–Crippen LogP) is 4.70. The third kappa shape index (κ3) is 4.47. The van der Waals surface area contributed by atoms with Gasteiger partial charge in [-0.3, -0.25) is 4.79 Å². The van der Waals surface area contributed by atoms with Gasteiger partial charge in [0.05, 0.1) is 17.8 Å². The largest absolute Gasteiger partial charge is 0.435 e. The van der Waals surface area contributed by atoms with Gasteiger partial charge in [-0.05, 0) is 38.1 Å². The van der Waals surface area contributed by atoms with Gasteiger partial charge in [-0.25, -0.2) is 4.68 Å². The van der Waals surface area contributed by atoms with E-state index in [2.05, 4.69) is 15.6 Å². The summed E-state index contributed by atoms with van der Waals surface area (Å²) in [5.41, 5.74) is -2.07. The molecule has 6 nitrogen and oxygen atoms in total. The van der Waals surface area contributed by atoms with Gasteiger partial charge in [0.15, 0.2) is 5.69 Å². The fourth-order valence-electron chi connectivity index (χ4n) is 2.72. The molecule has 160 valence electrons. The summed E-state index contributed by atoms with van der Waals surface area (Å²) in [5, 5.41) is 9.32. The molecule has 1 amide bonds. The lowest BCUT2D eigenvalue weighted by atomic mass is 10.1. The molecule has 2 aromatic heterocycles. The van der Waals surface area contributed by atoms with E-state index in [9.17, 15) is 31.1 Å². The van der Waals surface area contributed by atoms with Crippen LogP contribution in [-0.2, 0) is 23.6 Å². The molecule has 0 bridgehead atoms. The van der Waals surface area contributed by atoms with Crippen molar-refractivity contribution in [1.82, 2.24) is 14.9 Å². The first-order valence-corrected chi connectivity index (χ1v) is 8.42. The van der Waals surface area contributed by atoms with Crippen molar-refractivity contribution in [2.24, 2.45) is 0 Å². The minimum absolute atomic E-state index is 0.0325. The van der Waals surface area contributed by atoms with Crippen LogP contribution < -0.4 is 5.32 Å². The zero-order valence-electron chi connectivity index (χ0n) is 15.5. The molecular weight excluding hydrogens is 418 g/mol. The molecule has 30 heavy (non-hydrogen) atoms. The van der Waals surface area contributed by atoms with Crippen LogP contribution in [0.5, 0.6) is 0 Å². The highest BCUT2D eigenvalue weighted by atomic mass is 19.4. The van der Waals surface area contributed by atoms with Crippen molar-refractivity contribution in [2.45, 2.75) is 32.6 Å². The molecule has 1 aromatic carbocycles. The Kier molecular flexibility index (Phi) is 5.35. The number of benzene rings is 1. The van der Waals surface area contributed by atoms with Crippen molar-refractivity contribution in [3.63, 3.8) is 0 Å². The Balaban J connectivity index is 1.82. The molecule has 0 aliphatic heterocycles. The van der Waals surface area contributed by atoms with E-state index in [4.69, 9.17) is 4.52 Å². The fourth-order valence-corrected chi connectivity index (χ4v) is 2.72. The Bertz CT molecular complexity index is 1040. The first kappa shape index (κ1) is 21.4. The van der Waals surface area contributed by atoms with Gasteiger partial charge in [-0.2, -0.15) is 31.4 Å². The summed E-state index contributed by atoms with van der Waals surface area (Å²) >= 11 is 0. The SMILES string of the molecule is Cc1noc(C)c1CC(=O)Nc1ccc(-n2nc(C(F)(F)F)cc2C(F)(F)F)cc1. The summed E-state index contributed by atoms with van der Waals surface area (Å²) in [6.07, 6.45) is -10.1. The van der Waals surface area contributed by atoms with Crippen LogP contribution in [0.1, 0.15) is 28.4 Å². The maximum absolute atomic E-state index is 13.1. The number of hydrogen-bond donors (Lipinski definition) is 1. The molecule has 3 aromatic rings. The monoisotopic (exact) mass is 432 g/mol. The first-order valence-electron chi connectivity index (χ1n) is 8.42. The average molecular weight is 432 g/mol. The second-order valence-electron chi connectivity index (χ2n) is 6.40. The van der Waals surface area contributed by atoms with Crippen molar-refractivity contribution in [3.8, 4) is 5.69 Å². The minimum atomic E-state index is -5.04. The zero-order chi connectivity index (χ0) is 22.3. The normalized spacial score (nSPS) is 12.3. The van der Waals surface area contributed by atoms with E-state index < -0.39 is 29.6 Å². The van der Waals surface area contributed by atoms with Gasteiger partial charge < -0.3 is 9.84 Å². The van der Waals surface area contributed by atoms with Crippen LogP contribution in [-0.4, -0.2) is 20.8 Å². The Labute approximate surface area is 165 Å². The molecule has 0 unspecified atom stereocenters. The number of hydrogen-bond acceptors (Lipinski definition) is 4. The van der Waals surface area contributed by atoms with E-state index in [-0.39, 0.29) is 28.5 Å². The number of amides is 1. The molecule has 0 aliphatic carbocycles. The Morgan fingerprint density at radius 3 is 2.20 bits per heavy atom. The maximum atomic E-state index is 13.1. The molecule has 0 radical (unpaired) electrons. The average Bonchev–Trinajstić information content (AvgIpc) is 3.22. The highest BCUT2D eigenvalue weighted by molar-refractivity contribution is 5.92. The first-order chi connectivity index (χ1) is 13.9. The molecule has 3 rings (SSSR count). The van der Waals surface area contributed by atoms with Crippen LogP contribution in [0.4, 0.5) is 32.0 Å². The molecule has 0 aliphatic rings. The van der Waals surface area contributed by atoms with Crippen molar-refractivity contribution >= 4 is 11.6 Å². The van der Waals surface area contributed by atoms with Gasteiger partial charge in [0.2, 0.25) is 5.91 Å². The smallest absolute Gasteiger partial charge is 0.361 e. The standard InChI is InChI=1S/C18H14F6N4O2/c1-9-13(10(2)30-27-9)7-16(29)25-11-3-5-12(6-4-11)28-15(18(22,23)24)8-14(26-28)17(19,20)21/h3-6,8H,7H2,1-2H3,(H,25,29). The van der Waals surface area contributed by atoms with Gasteiger partial charge in [0.25, 0.3) is 0 Å². The van der Waals surface area contributed by atoms with Gasteiger partial charge in [-0.15, -0.1) is 0 Å². The number of alkyl halides is 6. The molecule has 0 saturated carbocycles. The number of carbonyl (C=O) groups is 1. The second kappa shape index (κ2) is 7.50. The van der Waals surface area contributed by atoms with Crippen molar-refractivity contribution in [3.05, 3.63) is 58.7 Å². The van der Waals surface area contributed by atoms with Gasteiger partial charge >= 0.3 is 12.4 Å². The number of halogens is 6. The van der Waals surface area contributed by atoms with Crippen LogP contribution in [0.2, 0.25) is 0 Å². The summed E-state index contributed by atoms with van der Waals surface area (Å²) in [6.45, 7) is 3.32. The summed E-state index contributed by atoms with van der Waals surface area (Å²) < 4.78 is 82.9. The van der Waals surface area contributed by atoms with Crippen LogP contribution in [0.15, 0.2) is 34.9 Å². The van der Waals surface area contributed by atoms with Gasteiger partial charge in [0.1, 0.15) is 11.5 Å². The number of nitrogens with zero attached hydrogens (tertiary/aromatic N) is 3. The van der Waals surface area contributed by atoms with E-state index in [1.165, 1.54) is 12.1 Å². The third-order valence-corrected chi connectivity index (χ3v) is 4.20. The molecule has 0 spiro atoms. The summed E-state index contributed by atoms with van der Waals surface area (Å²) in [4.78, 5) is 12.2. The summed E-state index contributed by atoms with van der Waals surface area (Å²) in [6, 6.07) is 4.70. The molecule has 2 heterocycles. The molecule has 1 N–H and O–H groups in total. The van der Waals surface area contributed by atoms with E-state index in [1.807, 2.05) is 0 Å². The van der Waals surface area contributed by atoms with Gasteiger partial charge in [-0.1, -0.05) is 5.16 Å². The predicted molar refractivity (Wildman–Crippen MR) is 91.9 cm³/mol. The Hall–Kier alpha value is -3.31. The number of anilines is 1. The molecular formula is C18H14F6N4O2. The lowest BCUT2D eigenvalue weighted by molar-refractivity contribution is -0.143. The number of nitrogens with one attached hydrogen (secondary N) is 1. The Morgan fingerprint density at radius 1 is 1.07 bits per heavy atom. The number of aryl methyl sites for hydroxylation is 2. The maximum Gasteiger partial charge on any atom is 0.435 e. The summed E-state index contributed by atoms with van der Waals surface area (Å²) in [5.74, 6) is 0.0587. The van der Waals surface area contributed by atoms with Crippen molar-refractivity contribution in [1.29, 1.82) is 0 Å². The second-order valence-corrected chi connectivity index (χ2v) is 6.40. The number of aromatic nitrogens is 3. The highest BCUT2D eigenvalue weighted by Crippen LogP contribution is 2.36. The highest BCUT2D eigenvalue weighted by Gasteiger charge is 2.42. The van der Waals surface area contributed by atoms with Crippen LogP contribution >= 0.6 is 0 Å². The zero-order valence-corrected chi connectivity index (χ0v) is 15.5. The van der Waals surface area contributed by atoms with Crippen molar-refractivity contribution < 1.29 is 35.7 Å². The van der Waals surface area contributed by atoms with Crippen LogP contribution in [0.3, 0.4) is 0 Å². The van der Waals surface area contributed by atoms with Crippen LogP contribution in [0.25, 0.3) is 5.69 Å². The molecule has 12 heteroatoms. The topological polar surface area (TPSA) is 73.0 Å². The molecule has 0 atom stereocenters. The van der Waals surface area contributed by atoms with Crippen molar-refractivity contribution in [2.75, 3.05) is 5.32 Å². The Morgan fingerprint density at radius 2 is 1.70 bits per heavy atom. The molecule has 0 saturated heterocycles. The van der Waals surface area contributed by atoms with E-state index in [1.54, 1.807) is 13.8 Å². The number of carbonyl (C=O) groups excluding carboxylic acids is 1. The lowest BCUT2D eigenvalue weighted by Crippen LogP contribution is -2.16. The van der Waals surface area contributed by atoms with Crippen LogP contribution in [0, 0.1) is 13.8 Å². The van der Waals surface area contributed by atoms with Gasteiger partial charge in [0, 0.05) is 17.3 Å². The fraction of sp³-hybridized carbons (Fsp3) is 0.278. The van der Waals surface area contributed by atoms with E-state index >= 15 is 0 Å². The summed E-state index contributed by atoms with van der Waals surface area (Å²) in [7, 11) is 0. The third-order valence-electron chi connectivity index (χ3n) is 4.20. The quantitative estimate of drug-likeness (QED) is 0.607. The van der Waals surface area contributed by atoms with E-state index in [0.29, 0.717) is 17.0 Å². The molecule has 0 fully saturated rings. The lowest BCUT2D eigenvalue weighted by Gasteiger charge is -2.11.